The highest BCUT2D eigenvalue weighted by molar-refractivity contribution is 7.80. The fourth-order valence-corrected chi connectivity index (χ4v) is 4.36. The number of aromatic nitrogens is 1. The first kappa shape index (κ1) is 14.0. The van der Waals surface area contributed by atoms with Crippen LogP contribution < -0.4 is 19.1 Å². The van der Waals surface area contributed by atoms with E-state index in [0.717, 1.165) is 46.4 Å². The van der Waals surface area contributed by atoms with E-state index in [1.54, 1.807) is 7.11 Å². The molecule has 122 valence electrons. The first-order chi connectivity index (χ1) is 11.8. The van der Waals surface area contributed by atoms with E-state index in [-0.39, 0.29) is 0 Å². The molecule has 1 aromatic carbocycles. The lowest BCUT2D eigenvalue weighted by Gasteiger charge is -2.25. The standard InChI is InChI=1S/C18H16N2O3S/c1-21-14-7-6-13-16(19-14)18(10-23-13)11-4-2-5-12-15(11)20(17(18)24)8-3-9-22-12/h2,4-7H,3,8-10H2,1H3. The Labute approximate surface area is 145 Å². The molecule has 0 amide bonds. The van der Waals surface area contributed by atoms with Crippen LogP contribution in [0.25, 0.3) is 0 Å². The highest BCUT2D eigenvalue weighted by atomic mass is 32.1. The van der Waals surface area contributed by atoms with Crippen molar-refractivity contribution < 1.29 is 14.2 Å². The molecule has 3 aliphatic heterocycles. The Hall–Kier alpha value is -2.34. The quantitative estimate of drug-likeness (QED) is 0.744. The van der Waals surface area contributed by atoms with Crippen LogP contribution in [0.2, 0.25) is 0 Å². The minimum atomic E-state index is -0.536. The van der Waals surface area contributed by atoms with Crippen LogP contribution in [0.4, 0.5) is 5.69 Å². The molecule has 5 rings (SSSR count). The molecule has 3 aliphatic rings. The van der Waals surface area contributed by atoms with Crippen LogP contribution in [0.5, 0.6) is 17.4 Å². The third-order valence-electron chi connectivity index (χ3n) is 5.01. The van der Waals surface area contributed by atoms with Crippen molar-refractivity contribution in [1.82, 2.24) is 4.98 Å². The summed E-state index contributed by atoms with van der Waals surface area (Å²) in [5.41, 5.74) is 2.49. The van der Waals surface area contributed by atoms with Crippen LogP contribution in [0.15, 0.2) is 30.3 Å². The molecule has 1 aromatic heterocycles. The van der Waals surface area contributed by atoms with Crippen molar-refractivity contribution in [1.29, 1.82) is 0 Å². The van der Waals surface area contributed by atoms with Crippen LogP contribution in [-0.2, 0) is 5.41 Å². The second-order valence-corrected chi connectivity index (χ2v) is 6.59. The Kier molecular flexibility index (Phi) is 2.83. The highest BCUT2D eigenvalue weighted by Gasteiger charge is 2.56. The zero-order valence-electron chi connectivity index (χ0n) is 13.2. The van der Waals surface area contributed by atoms with Crippen LogP contribution in [0, 0.1) is 0 Å². The number of thiocarbonyl (C=S) groups is 1. The molecular formula is C18H16N2O3S. The van der Waals surface area contributed by atoms with Crippen LogP contribution in [0.3, 0.4) is 0 Å². The normalized spacial score (nSPS) is 23.4. The minimum Gasteiger partial charge on any atom is -0.491 e. The molecule has 2 aromatic rings. The van der Waals surface area contributed by atoms with Gasteiger partial charge in [-0.3, -0.25) is 0 Å². The number of methoxy groups -OCH3 is 1. The van der Waals surface area contributed by atoms with Gasteiger partial charge >= 0.3 is 0 Å². The van der Waals surface area contributed by atoms with Crippen molar-refractivity contribution in [2.24, 2.45) is 0 Å². The van der Waals surface area contributed by atoms with Gasteiger partial charge in [-0.25, -0.2) is 4.98 Å². The van der Waals surface area contributed by atoms with Gasteiger partial charge in [0.2, 0.25) is 5.88 Å². The zero-order valence-corrected chi connectivity index (χ0v) is 14.1. The smallest absolute Gasteiger partial charge is 0.213 e. The highest BCUT2D eigenvalue weighted by Crippen LogP contribution is 2.55. The zero-order chi connectivity index (χ0) is 16.3. The van der Waals surface area contributed by atoms with Crippen LogP contribution in [-0.4, -0.2) is 36.8 Å². The van der Waals surface area contributed by atoms with Crippen LogP contribution >= 0.6 is 12.2 Å². The molecule has 1 unspecified atom stereocenters. The lowest BCUT2D eigenvalue weighted by Crippen LogP contribution is -2.42. The number of anilines is 1. The van der Waals surface area contributed by atoms with E-state index in [0.29, 0.717) is 19.1 Å². The van der Waals surface area contributed by atoms with Gasteiger partial charge < -0.3 is 19.1 Å². The number of para-hydroxylation sites is 1. The van der Waals surface area contributed by atoms with Crippen molar-refractivity contribution in [2.45, 2.75) is 11.8 Å². The van der Waals surface area contributed by atoms with E-state index in [1.807, 2.05) is 24.3 Å². The minimum absolute atomic E-state index is 0.467. The first-order valence-electron chi connectivity index (χ1n) is 8.02. The molecule has 0 saturated carbocycles. The maximum atomic E-state index is 5.97. The van der Waals surface area contributed by atoms with Crippen LogP contribution in [0.1, 0.15) is 17.7 Å². The van der Waals surface area contributed by atoms with Gasteiger partial charge in [-0.1, -0.05) is 24.4 Å². The predicted octanol–water partition coefficient (Wildman–Crippen LogP) is 2.70. The summed E-state index contributed by atoms with van der Waals surface area (Å²) in [5.74, 6) is 2.23. The van der Waals surface area contributed by atoms with E-state index in [2.05, 4.69) is 11.0 Å². The Balaban J connectivity index is 1.80. The monoisotopic (exact) mass is 340 g/mol. The van der Waals surface area contributed by atoms with E-state index < -0.39 is 5.41 Å². The number of ether oxygens (including phenoxy) is 3. The average molecular weight is 340 g/mol. The van der Waals surface area contributed by atoms with Gasteiger partial charge in [0.05, 0.1) is 19.4 Å². The van der Waals surface area contributed by atoms with E-state index in [4.69, 9.17) is 31.4 Å². The molecule has 6 heteroatoms. The Morgan fingerprint density at radius 1 is 1.21 bits per heavy atom. The second-order valence-electron chi connectivity index (χ2n) is 6.21. The summed E-state index contributed by atoms with van der Waals surface area (Å²) in [5, 5.41) is 0. The third kappa shape index (κ3) is 1.59. The van der Waals surface area contributed by atoms with E-state index in [1.165, 1.54) is 0 Å². The molecule has 0 bridgehead atoms. The average Bonchev–Trinajstić information content (AvgIpc) is 3.00. The first-order valence-corrected chi connectivity index (χ1v) is 8.43. The van der Waals surface area contributed by atoms with Gasteiger partial charge in [0.15, 0.2) is 0 Å². The Bertz CT molecular complexity index is 869. The Morgan fingerprint density at radius 3 is 3.00 bits per heavy atom. The summed E-state index contributed by atoms with van der Waals surface area (Å²) in [6.07, 6.45) is 0.934. The topological polar surface area (TPSA) is 43.8 Å². The lowest BCUT2D eigenvalue weighted by molar-refractivity contribution is 0.318. The molecule has 4 heterocycles. The lowest BCUT2D eigenvalue weighted by atomic mass is 9.80. The number of rotatable bonds is 1. The summed E-state index contributed by atoms with van der Waals surface area (Å²) < 4.78 is 17.2. The second kappa shape index (κ2) is 4.83. The molecular weight excluding hydrogens is 324 g/mol. The van der Waals surface area contributed by atoms with Crippen molar-refractivity contribution >= 4 is 22.9 Å². The molecule has 1 atom stereocenters. The summed E-state index contributed by atoms with van der Waals surface area (Å²) in [6, 6.07) is 9.86. The van der Waals surface area contributed by atoms with Crippen molar-refractivity contribution in [3.05, 3.63) is 41.6 Å². The summed E-state index contributed by atoms with van der Waals surface area (Å²) in [4.78, 5) is 7.74. The molecule has 0 saturated heterocycles. The Morgan fingerprint density at radius 2 is 2.12 bits per heavy atom. The van der Waals surface area contributed by atoms with Gasteiger partial charge in [-0.15, -0.1) is 0 Å². The van der Waals surface area contributed by atoms with E-state index in [9.17, 15) is 0 Å². The SMILES string of the molecule is COc1ccc2c(n1)C1(CO2)C(=S)N2CCCOc3cccc1c32. The number of fused-ring (bicyclic) bond motifs is 3. The fourth-order valence-electron chi connectivity index (χ4n) is 3.91. The molecule has 0 aliphatic carbocycles. The van der Waals surface area contributed by atoms with Gasteiger partial charge in [0, 0.05) is 18.2 Å². The summed E-state index contributed by atoms with van der Waals surface area (Å²) in [7, 11) is 1.62. The number of hydrogen-bond acceptors (Lipinski definition) is 5. The predicted molar refractivity (Wildman–Crippen MR) is 93.6 cm³/mol. The molecule has 5 nitrogen and oxygen atoms in total. The van der Waals surface area contributed by atoms with Crippen molar-refractivity contribution in [3.8, 4) is 17.4 Å². The molecule has 0 radical (unpaired) electrons. The van der Waals surface area contributed by atoms with Gasteiger partial charge in [-0.2, -0.15) is 0 Å². The van der Waals surface area contributed by atoms with Crippen molar-refractivity contribution in [3.63, 3.8) is 0 Å². The summed E-state index contributed by atoms with van der Waals surface area (Å²) in [6.45, 7) is 2.03. The fraction of sp³-hybridized carbons (Fsp3) is 0.333. The van der Waals surface area contributed by atoms with Crippen molar-refractivity contribution in [2.75, 3.05) is 31.8 Å². The number of benzene rings is 1. The van der Waals surface area contributed by atoms with Gasteiger partial charge in [0.1, 0.15) is 34.2 Å². The third-order valence-corrected chi connectivity index (χ3v) is 5.58. The molecule has 24 heavy (non-hydrogen) atoms. The summed E-state index contributed by atoms with van der Waals surface area (Å²) >= 11 is 5.94. The molecule has 0 fully saturated rings. The number of hydrogen-bond donors (Lipinski definition) is 0. The molecule has 1 spiro atoms. The largest absolute Gasteiger partial charge is 0.491 e. The van der Waals surface area contributed by atoms with Gasteiger partial charge in [-0.05, 0) is 18.6 Å². The number of nitrogens with zero attached hydrogens (tertiary/aromatic N) is 2. The number of pyridine rings is 1. The maximum Gasteiger partial charge on any atom is 0.213 e. The van der Waals surface area contributed by atoms with E-state index >= 15 is 0 Å². The molecule has 0 N–H and O–H groups in total. The van der Waals surface area contributed by atoms with Gasteiger partial charge in [0.25, 0.3) is 0 Å². The maximum absolute atomic E-state index is 5.97.